The maximum absolute atomic E-state index is 6.24. The monoisotopic (exact) mass is 282 g/mol. The molecule has 1 atom stereocenters. The molecule has 18 heavy (non-hydrogen) atoms. The predicted octanol–water partition coefficient (Wildman–Crippen LogP) is 2.81. The first kappa shape index (κ1) is 13.4. The quantitative estimate of drug-likeness (QED) is 0.905. The Balaban J connectivity index is 2.14. The highest BCUT2D eigenvalue weighted by molar-refractivity contribution is 7.99. The van der Waals surface area contributed by atoms with Crippen LogP contribution in [0.1, 0.15) is 18.3 Å². The average Bonchev–Trinajstić information content (AvgIpc) is 2.67. The minimum absolute atomic E-state index is 0.134. The number of halogens is 1. The third-order valence-corrected chi connectivity index (χ3v) is 3.70. The van der Waals surface area contributed by atoms with Crippen LogP contribution < -0.4 is 5.73 Å². The maximum atomic E-state index is 6.24. The summed E-state index contributed by atoms with van der Waals surface area (Å²) in [7, 11) is 0. The van der Waals surface area contributed by atoms with E-state index in [1.165, 1.54) is 11.8 Å². The summed E-state index contributed by atoms with van der Waals surface area (Å²) < 4.78 is 0. The number of H-pyrrole nitrogens is 1. The van der Waals surface area contributed by atoms with Crippen molar-refractivity contribution in [2.45, 2.75) is 36.4 Å². The van der Waals surface area contributed by atoms with Crippen LogP contribution in [0.5, 0.6) is 0 Å². The molecule has 0 aliphatic carbocycles. The predicted molar refractivity (Wildman–Crippen MR) is 74.0 cm³/mol. The van der Waals surface area contributed by atoms with Gasteiger partial charge in [0.1, 0.15) is 5.82 Å². The number of nitrogens with two attached hydrogens (primary N) is 1. The van der Waals surface area contributed by atoms with Crippen LogP contribution in [0.25, 0.3) is 0 Å². The summed E-state index contributed by atoms with van der Waals surface area (Å²) in [6, 6.07) is 6.11. The normalized spacial score (nSPS) is 12.7. The zero-order valence-corrected chi connectivity index (χ0v) is 11.8. The Hall–Kier alpha value is -1.04. The fraction of sp³-hybridized carbons (Fsp3) is 0.333. The van der Waals surface area contributed by atoms with Crippen LogP contribution >= 0.6 is 23.4 Å². The lowest BCUT2D eigenvalue weighted by Gasteiger charge is -2.07. The van der Waals surface area contributed by atoms with Crippen molar-refractivity contribution in [1.29, 1.82) is 0 Å². The molecular weight excluding hydrogens is 268 g/mol. The van der Waals surface area contributed by atoms with Gasteiger partial charge in [0.25, 0.3) is 0 Å². The molecule has 1 heterocycles. The van der Waals surface area contributed by atoms with E-state index in [1.54, 1.807) is 0 Å². The lowest BCUT2D eigenvalue weighted by molar-refractivity contribution is 0.737. The molecular formula is C12H15ClN4S. The first-order chi connectivity index (χ1) is 8.54. The fourth-order valence-corrected chi connectivity index (χ4v) is 2.67. The molecule has 0 fully saturated rings. The first-order valence-corrected chi connectivity index (χ1v) is 6.85. The van der Waals surface area contributed by atoms with Gasteiger partial charge in [-0.25, -0.2) is 4.98 Å². The van der Waals surface area contributed by atoms with Gasteiger partial charge in [-0.2, -0.15) is 0 Å². The Labute approximate surface area is 115 Å². The summed E-state index contributed by atoms with van der Waals surface area (Å²) in [5.41, 5.74) is 6.91. The van der Waals surface area contributed by atoms with E-state index in [4.69, 9.17) is 17.3 Å². The van der Waals surface area contributed by atoms with E-state index in [-0.39, 0.29) is 6.04 Å². The highest BCUT2D eigenvalue weighted by Crippen LogP contribution is 2.32. The van der Waals surface area contributed by atoms with Crippen molar-refractivity contribution in [3.05, 3.63) is 34.6 Å². The van der Waals surface area contributed by atoms with E-state index in [2.05, 4.69) is 15.2 Å². The van der Waals surface area contributed by atoms with Gasteiger partial charge in [-0.05, 0) is 49.7 Å². The van der Waals surface area contributed by atoms with Crippen molar-refractivity contribution in [2.75, 3.05) is 0 Å². The number of benzene rings is 1. The number of aromatic nitrogens is 3. The SMILES string of the molecule is Cc1nc(Sc2ccc(CC(C)N)cc2Cl)n[nH]1. The van der Waals surface area contributed by atoms with Gasteiger partial charge < -0.3 is 5.73 Å². The zero-order valence-electron chi connectivity index (χ0n) is 10.3. The third-order valence-electron chi connectivity index (χ3n) is 2.33. The molecule has 0 saturated heterocycles. The van der Waals surface area contributed by atoms with E-state index >= 15 is 0 Å². The molecule has 1 unspecified atom stereocenters. The van der Waals surface area contributed by atoms with Crippen LogP contribution in [0.2, 0.25) is 5.02 Å². The van der Waals surface area contributed by atoms with Crippen LogP contribution in [-0.4, -0.2) is 21.2 Å². The van der Waals surface area contributed by atoms with Gasteiger partial charge in [-0.15, -0.1) is 5.10 Å². The van der Waals surface area contributed by atoms with E-state index < -0.39 is 0 Å². The van der Waals surface area contributed by atoms with Crippen molar-refractivity contribution in [2.24, 2.45) is 5.73 Å². The molecule has 0 bridgehead atoms. The molecule has 4 nitrogen and oxygen atoms in total. The molecule has 0 aliphatic heterocycles. The van der Waals surface area contributed by atoms with Crippen molar-refractivity contribution in [3.8, 4) is 0 Å². The Bertz CT molecular complexity index is 539. The highest BCUT2D eigenvalue weighted by atomic mass is 35.5. The molecule has 6 heteroatoms. The molecule has 3 N–H and O–H groups in total. The van der Waals surface area contributed by atoms with Gasteiger partial charge >= 0.3 is 0 Å². The number of hydrogen-bond donors (Lipinski definition) is 2. The molecule has 0 saturated carbocycles. The molecule has 2 aromatic rings. The van der Waals surface area contributed by atoms with Gasteiger partial charge in [0.15, 0.2) is 0 Å². The third kappa shape index (κ3) is 3.48. The van der Waals surface area contributed by atoms with Crippen molar-refractivity contribution >= 4 is 23.4 Å². The largest absolute Gasteiger partial charge is 0.328 e. The minimum atomic E-state index is 0.134. The van der Waals surface area contributed by atoms with Crippen molar-refractivity contribution < 1.29 is 0 Å². The van der Waals surface area contributed by atoms with Gasteiger partial charge in [0, 0.05) is 10.9 Å². The number of aryl methyl sites for hydroxylation is 1. The minimum Gasteiger partial charge on any atom is -0.328 e. The molecule has 0 spiro atoms. The number of rotatable bonds is 4. The van der Waals surface area contributed by atoms with Crippen LogP contribution in [0, 0.1) is 6.92 Å². The van der Waals surface area contributed by atoms with Gasteiger partial charge in [-0.3, -0.25) is 5.10 Å². The Morgan fingerprint density at radius 3 is 2.83 bits per heavy atom. The van der Waals surface area contributed by atoms with Gasteiger partial charge in [0.05, 0.1) is 5.02 Å². The number of hydrogen-bond acceptors (Lipinski definition) is 4. The van der Waals surface area contributed by atoms with Crippen LogP contribution in [0.4, 0.5) is 0 Å². The molecule has 0 amide bonds. The highest BCUT2D eigenvalue weighted by Gasteiger charge is 2.08. The smallest absolute Gasteiger partial charge is 0.213 e. The summed E-state index contributed by atoms with van der Waals surface area (Å²) in [5, 5.41) is 8.26. The summed E-state index contributed by atoms with van der Waals surface area (Å²) in [6.07, 6.45) is 0.824. The molecule has 0 aliphatic rings. The van der Waals surface area contributed by atoms with E-state index in [9.17, 15) is 0 Å². The van der Waals surface area contributed by atoms with Gasteiger partial charge in [0.2, 0.25) is 5.16 Å². The second-order valence-corrected chi connectivity index (χ2v) is 5.67. The van der Waals surface area contributed by atoms with Crippen LogP contribution in [0.3, 0.4) is 0 Å². The van der Waals surface area contributed by atoms with Gasteiger partial charge in [-0.1, -0.05) is 17.7 Å². The molecule has 1 aromatic heterocycles. The number of aromatic amines is 1. The summed E-state index contributed by atoms with van der Waals surface area (Å²) >= 11 is 7.69. The lowest BCUT2D eigenvalue weighted by atomic mass is 10.1. The van der Waals surface area contributed by atoms with Crippen molar-refractivity contribution in [1.82, 2.24) is 15.2 Å². The maximum Gasteiger partial charge on any atom is 0.213 e. The molecule has 2 rings (SSSR count). The topological polar surface area (TPSA) is 67.6 Å². The standard InChI is InChI=1S/C12H15ClN4S/c1-7(14)5-9-3-4-11(10(13)6-9)18-12-15-8(2)16-17-12/h3-4,6-7H,5,14H2,1-2H3,(H,15,16,17). The van der Waals surface area contributed by atoms with E-state index in [0.717, 1.165) is 22.7 Å². The Morgan fingerprint density at radius 2 is 2.28 bits per heavy atom. The average molecular weight is 283 g/mol. The Morgan fingerprint density at radius 1 is 1.50 bits per heavy atom. The van der Waals surface area contributed by atoms with Crippen LogP contribution in [0.15, 0.2) is 28.3 Å². The molecule has 1 aromatic carbocycles. The van der Waals surface area contributed by atoms with Crippen molar-refractivity contribution in [3.63, 3.8) is 0 Å². The summed E-state index contributed by atoms with van der Waals surface area (Å²) in [4.78, 5) is 5.18. The second-order valence-electron chi connectivity index (χ2n) is 4.25. The second kappa shape index (κ2) is 5.73. The molecule has 96 valence electrons. The van der Waals surface area contributed by atoms with E-state index in [0.29, 0.717) is 10.2 Å². The number of nitrogens with zero attached hydrogens (tertiary/aromatic N) is 2. The van der Waals surface area contributed by atoms with E-state index in [1.807, 2.05) is 32.0 Å². The van der Waals surface area contributed by atoms with Crippen LogP contribution in [-0.2, 0) is 6.42 Å². The zero-order chi connectivity index (χ0) is 13.1. The summed E-state index contributed by atoms with van der Waals surface area (Å²) in [5.74, 6) is 0.794. The number of nitrogens with one attached hydrogen (secondary N) is 1. The fourth-order valence-electron chi connectivity index (χ4n) is 1.59. The Kier molecular flexibility index (Phi) is 4.27. The molecule has 0 radical (unpaired) electrons. The lowest BCUT2D eigenvalue weighted by Crippen LogP contribution is -2.17. The summed E-state index contributed by atoms with van der Waals surface area (Å²) in [6.45, 7) is 3.84. The first-order valence-electron chi connectivity index (χ1n) is 5.65.